The van der Waals surface area contributed by atoms with Crippen molar-refractivity contribution in [3.05, 3.63) is 63.9 Å². The van der Waals surface area contributed by atoms with E-state index in [1.165, 1.54) is 24.4 Å². The number of esters is 2. The highest BCUT2D eigenvalue weighted by Crippen LogP contribution is 2.30. The topological polar surface area (TPSA) is 55.8 Å². The van der Waals surface area contributed by atoms with Crippen molar-refractivity contribution < 1.29 is 27.8 Å². The molecule has 0 atom stereocenters. The molecule has 24 heavy (non-hydrogen) atoms. The minimum Gasteiger partial charge on any atom is -0.465 e. The summed E-state index contributed by atoms with van der Waals surface area (Å²) in [5.74, 6) is -3.38. The summed E-state index contributed by atoms with van der Waals surface area (Å²) >= 11 is 2.78. The van der Waals surface area contributed by atoms with Gasteiger partial charge in [0.2, 0.25) is 0 Å². The molecule has 5 nitrogen and oxygen atoms in total. The first-order chi connectivity index (χ1) is 11.4. The fourth-order valence-electron chi connectivity index (χ4n) is 2.05. The van der Waals surface area contributed by atoms with Crippen molar-refractivity contribution >= 4 is 33.6 Å². The lowest BCUT2D eigenvalue weighted by molar-refractivity contribution is -0.139. The number of hydrogen-bond donors (Lipinski definition) is 0. The van der Waals surface area contributed by atoms with Gasteiger partial charge in [0.1, 0.15) is 17.3 Å². The molecule has 8 heteroatoms. The fourth-order valence-corrected chi connectivity index (χ4v) is 2.28. The predicted molar refractivity (Wildman–Crippen MR) is 85.9 cm³/mol. The lowest BCUT2D eigenvalue weighted by Gasteiger charge is -2.23. The van der Waals surface area contributed by atoms with Gasteiger partial charge in [-0.2, -0.15) is 0 Å². The van der Waals surface area contributed by atoms with E-state index in [-0.39, 0.29) is 21.4 Å². The maximum atomic E-state index is 13.9. The molecule has 126 valence electrons. The van der Waals surface area contributed by atoms with E-state index < -0.39 is 23.6 Å². The molecule has 1 aromatic rings. The molecule has 0 unspecified atom stereocenters. The van der Waals surface area contributed by atoms with Crippen molar-refractivity contribution in [1.29, 1.82) is 0 Å². The van der Waals surface area contributed by atoms with Crippen LogP contribution in [-0.4, -0.2) is 26.2 Å². The molecule has 0 bridgehead atoms. The molecule has 1 aliphatic rings. The number of allylic oxidation sites excluding steroid dienone is 2. The van der Waals surface area contributed by atoms with E-state index in [2.05, 4.69) is 20.7 Å². The molecule has 0 spiro atoms. The van der Waals surface area contributed by atoms with E-state index in [9.17, 15) is 18.4 Å². The molecule has 1 aromatic carbocycles. The predicted octanol–water partition coefficient (Wildman–Crippen LogP) is 3.22. The van der Waals surface area contributed by atoms with Crippen LogP contribution in [0.5, 0.6) is 0 Å². The number of benzene rings is 1. The van der Waals surface area contributed by atoms with E-state index >= 15 is 0 Å². The van der Waals surface area contributed by atoms with Crippen molar-refractivity contribution in [2.45, 2.75) is 0 Å². The van der Waals surface area contributed by atoms with Crippen LogP contribution < -0.4 is 4.90 Å². The molecule has 0 radical (unpaired) electrons. The van der Waals surface area contributed by atoms with E-state index in [1.54, 1.807) is 0 Å². The maximum Gasteiger partial charge on any atom is 0.355 e. The van der Waals surface area contributed by atoms with Crippen LogP contribution in [0.3, 0.4) is 0 Å². The normalized spacial score (nSPS) is 13.8. The van der Waals surface area contributed by atoms with E-state index in [0.29, 0.717) is 0 Å². The zero-order valence-electron chi connectivity index (χ0n) is 12.7. The van der Waals surface area contributed by atoms with Crippen molar-refractivity contribution in [1.82, 2.24) is 0 Å². The number of ether oxygens (including phenoxy) is 2. The lowest BCUT2D eigenvalue weighted by atomic mass is 10.1. The van der Waals surface area contributed by atoms with Crippen LogP contribution in [0, 0.1) is 11.6 Å². The number of carbonyl (C=O) groups excluding carboxylic acids is 2. The summed E-state index contributed by atoms with van der Waals surface area (Å²) in [5, 5.41) is 0. The first-order valence-electron chi connectivity index (χ1n) is 6.60. The van der Waals surface area contributed by atoms with Gasteiger partial charge in [-0.05, 0) is 40.2 Å². The summed E-state index contributed by atoms with van der Waals surface area (Å²) in [7, 11) is 2.28. The van der Waals surface area contributed by atoms with Gasteiger partial charge in [0.05, 0.1) is 30.0 Å². The van der Waals surface area contributed by atoms with E-state index in [4.69, 9.17) is 4.74 Å². The Balaban J connectivity index is 2.70. The van der Waals surface area contributed by atoms with Gasteiger partial charge < -0.3 is 14.4 Å². The monoisotopic (exact) mass is 399 g/mol. The molecule has 1 aliphatic heterocycles. The summed E-state index contributed by atoms with van der Waals surface area (Å²) in [6, 6.07) is 2.03. The molecule has 1 heterocycles. The fraction of sp³-hybridized carbons (Fsp3) is 0.125. The number of hydrogen-bond acceptors (Lipinski definition) is 5. The van der Waals surface area contributed by atoms with Crippen molar-refractivity contribution in [3.8, 4) is 0 Å². The molecular weight excluding hydrogens is 388 g/mol. The number of rotatable bonds is 3. The zero-order valence-corrected chi connectivity index (χ0v) is 14.3. The summed E-state index contributed by atoms with van der Waals surface area (Å²) in [6.45, 7) is 0. The Morgan fingerprint density at radius 3 is 2.17 bits per heavy atom. The molecule has 0 aliphatic carbocycles. The second-order valence-corrected chi connectivity index (χ2v) is 5.33. The van der Waals surface area contributed by atoms with Gasteiger partial charge in [-0.3, -0.25) is 0 Å². The standard InChI is InChI=1S/C16H12BrF2NO4/c1-23-15(21)10-5-3-4-6-20(14(10)16(22)24-2)9-7-11(18)13(17)12(19)8-9/h3-8H,1-2H3. The van der Waals surface area contributed by atoms with E-state index in [0.717, 1.165) is 31.3 Å². The molecular formula is C16H12BrF2NO4. The summed E-state index contributed by atoms with van der Waals surface area (Å²) in [4.78, 5) is 25.3. The Morgan fingerprint density at radius 2 is 1.62 bits per heavy atom. The number of carbonyl (C=O) groups is 2. The molecule has 0 saturated heterocycles. The third-order valence-electron chi connectivity index (χ3n) is 3.14. The first-order valence-corrected chi connectivity index (χ1v) is 7.39. The maximum absolute atomic E-state index is 13.9. The van der Waals surface area contributed by atoms with Gasteiger partial charge in [0, 0.05) is 6.20 Å². The lowest BCUT2D eigenvalue weighted by Crippen LogP contribution is -2.27. The second kappa shape index (κ2) is 7.39. The van der Waals surface area contributed by atoms with Crippen molar-refractivity contribution in [3.63, 3.8) is 0 Å². The summed E-state index contributed by atoms with van der Waals surface area (Å²) < 4.78 is 36.7. The van der Waals surface area contributed by atoms with Crippen LogP contribution in [0.1, 0.15) is 0 Å². The van der Waals surface area contributed by atoms with E-state index in [1.807, 2.05) is 0 Å². The minimum absolute atomic E-state index is 0.00467. The molecule has 0 saturated carbocycles. The zero-order chi connectivity index (χ0) is 17.9. The van der Waals surface area contributed by atoms with Crippen LogP contribution in [0.2, 0.25) is 0 Å². The highest BCUT2D eigenvalue weighted by Gasteiger charge is 2.28. The van der Waals surface area contributed by atoms with Gasteiger partial charge in [0.15, 0.2) is 0 Å². The molecule has 0 N–H and O–H groups in total. The number of halogens is 3. The van der Waals surface area contributed by atoms with Gasteiger partial charge in [-0.15, -0.1) is 0 Å². The Morgan fingerprint density at radius 1 is 1.04 bits per heavy atom. The average Bonchev–Trinajstić information content (AvgIpc) is 2.80. The smallest absolute Gasteiger partial charge is 0.355 e. The SMILES string of the molecule is COC(=O)C1=C(C(=O)OC)N(c2cc(F)c(Br)c(F)c2)C=CC=C1. The van der Waals surface area contributed by atoms with Crippen molar-refractivity contribution in [2.75, 3.05) is 19.1 Å². The third-order valence-corrected chi connectivity index (χ3v) is 3.89. The van der Waals surface area contributed by atoms with Crippen LogP contribution in [-0.2, 0) is 19.1 Å². The molecule has 2 rings (SSSR count). The van der Waals surface area contributed by atoms with Crippen LogP contribution >= 0.6 is 15.9 Å². The molecule has 0 aromatic heterocycles. The van der Waals surface area contributed by atoms with Gasteiger partial charge >= 0.3 is 11.9 Å². The van der Waals surface area contributed by atoms with Crippen LogP contribution in [0.25, 0.3) is 0 Å². The second-order valence-electron chi connectivity index (χ2n) is 4.54. The Labute approximate surface area is 145 Å². The third kappa shape index (κ3) is 3.38. The minimum atomic E-state index is -0.865. The number of anilines is 1. The van der Waals surface area contributed by atoms with Crippen LogP contribution in [0.15, 0.2) is 52.3 Å². The molecule has 0 fully saturated rings. The molecule has 0 amide bonds. The number of nitrogens with zero attached hydrogens (tertiary/aromatic N) is 1. The summed E-state index contributed by atoms with van der Waals surface area (Å²) in [5.41, 5.74) is -0.344. The van der Waals surface area contributed by atoms with Crippen molar-refractivity contribution in [2.24, 2.45) is 0 Å². The highest BCUT2D eigenvalue weighted by atomic mass is 79.9. The quantitative estimate of drug-likeness (QED) is 0.576. The Bertz CT molecular complexity index is 763. The Kier molecular flexibility index (Phi) is 5.50. The van der Waals surface area contributed by atoms with Crippen LogP contribution in [0.4, 0.5) is 14.5 Å². The van der Waals surface area contributed by atoms with Gasteiger partial charge in [-0.1, -0.05) is 6.08 Å². The Hall–Kier alpha value is -2.48. The largest absolute Gasteiger partial charge is 0.465 e. The average molecular weight is 400 g/mol. The summed E-state index contributed by atoms with van der Waals surface area (Å²) in [6.07, 6.45) is 5.71. The number of methoxy groups -OCH3 is 2. The van der Waals surface area contributed by atoms with Gasteiger partial charge in [-0.25, -0.2) is 18.4 Å². The first kappa shape index (κ1) is 17.9. The highest BCUT2D eigenvalue weighted by molar-refractivity contribution is 9.10. The van der Waals surface area contributed by atoms with Gasteiger partial charge in [0.25, 0.3) is 0 Å².